The van der Waals surface area contributed by atoms with E-state index < -0.39 is 51.6 Å². The second-order valence-corrected chi connectivity index (χ2v) is 13.0. The zero-order chi connectivity index (χ0) is 40.1. The molecule has 1 heterocycles. The zero-order valence-electron chi connectivity index (χ0n) is 31.1. The summed E-state index contributed by atoms with van der Waals surface area (Å²) in [5, 5.41) is 32.9. The van der Waals surface area contributed by atoms with Crippen molar-refractivity contribution >= 4 is 39.8 Å². The Morgan fingerprint density at radius 1 is 0.604 bits per heavy atom. The summed E-state index contributed by atoms with van der Waals surface area (Å²) in [6, 6.07) is -1.65. The number of carbonyl (C=O) groups excluding carboxylic acids is 2. The Labute approximate surface area is 311 Å². The summed E-state index contributed by atoms with van der Waals surface area (Å²) >= 11 is 0. The van der Waals surface area contributed by atoms with E-state index in [2.05, 4.69) is 10.6 Å². The van der Waals surface area contributed by atoms with Crippen molar-refractivity contribution < 1.29 is 71.2 Å². The van der Waals surface area contributed by atoms with Crippen LogP contribution in [0.1, 0.15) is 20.8 Å². The predicted octanol–water partition coefficient (Wildman–Crippen LogP) is -2.94. The van der Waals surface area contributed by atoms with Crippen molar-refractivity contribution in [1.29, 1.82) is 0 Å². The standard InChI is InChI=1S/C29H54N6O15S.C2H6/c1-2-47-13-14-49-17-18-50-16-15-48-12-3-30-29(43)24(23-51(44,45)46)31-25(36)19-32-4-6-33(20-26(37)38)8-10-35(22-28(41)42)11-9-34(7-5-32)21-27(39)40;1-2/h24H,2-23H2,1H3,(H,30,43)(H,31,36)(H,37,38)(H,39,40)(H,41,42)(H,44,45,46);1-2H3. The van der Waals surface area contributed by atoms with Gasteiger partial charge in [0.25, 0.3) is 10.1 Å². The van der Waals surface area contributed by atoms with Gasteiger partial charge in [0.15, 0.2) is 0 Å². The number of carboxylic acids is 3. The van der Waals surface area contributed by atoms with E-state index in [0.717, 1.165) is 0 Å². The fourth-order valence-electron chi connectivity index (χ4n) is 4.80. The van der Waals surface area contributed by atoms with Gasteiger partial charge in [0.2, 0.25) is 11.8 Å². The monoisotopic (exact) mass is 788 g/mol. The van der Waals surface area contributed by atoms with E-state index in [4.69, 9.17) is 18.9 Å². The molecule has 53 heavy (non-hydrogen) atoms. The molecular formula is C31H60N6O15S. The predicted molar refractivity (Wildman–Crippen MR) is 190 cm³/mol. The summed E-state index contributed by atoms with van der Waals surface area (Å²) in [4.78, 5) is 66.6. The second-order valence-electron chi connectivity index (χ2n) is 11.5. The van der Waals surface area contributed by atoms with E-state index in [-0.39, 0.29) is 105 Å². The maximum atomic E-state index is 13.1. The molecule has 0 aliphatic carbocycles. The van der Waals surface area contributed by atoms with E-state index in [1.165, 1.54) is 0 Å². The Balaban J connectivity index is 0.0000133. The van der Waals surface area contributed by atoms with E-state index in [9.17, 15) is 52.3 Å². The molecule has 22 heteroatoms. The van der Waals surface area contributed by atoms with Crippen LogP contribution in [-0.4, -0.2) is 227 Å². The number of aliphatic carboxylic acids is 3. The van der Waals surface area contributed by atoms with Gasteiger partial charge in [-0.05, 0) is 6.92 Å². The lowest BCUT2D eigenvalue weighted by Gasteiger charge is -2.33. The third-order valence-electron chi connectivity index (χ3n) is 7.27. The maximum Gasteiger partial charge on any atom is 0.317 e. The topological polar surface area (TPSA) is 274 Å². The van der Waals surface area contributed by atoms with Crippen LogP contribution >= 0.6 is 0 Å². The van der Waals surface area contributed by atoms with Gasteiger partial charge in [-0.15, -0.1) is 0 Å². The van der Waals surface area contributed by atoms with Crippen LogP contribution < -0.4 is 10.6 Å². The van der Waals surface area contributed by atoms with E-state index >= 15 is 0 Å². The van der Waals surface area contributed by atoms with Crippen LogP contribution in [0, 0.1) is 0 Å². The molecule has 1 rings (SSSR count). The fraction of sp³-hybridized carbons (Fsp3) is 0.839. The third-order valence-corrected chi connectivity index (χ3v) is 8.02. The van der Waals surface area contributed by atoms with Gasteiger partial charge in [-0.2, -0.15) is 8.42 Å². The van der Waals surface area contributed by atoms with Gasteiger partial charge in [0, 0.05) is 65.5 Å². The normalized spacial score (nSPS) is 16.3. The molecule has 1 saturated heterocycles. The average Bonchev–Trinajstić information content (AvgIpc) is 3.07. The molecule has 0 bridgehead atoms. The van der Waals surface area contributed by atoms with Crippen LogP contribution in [0.5, 0.6) is 0 Å². The smallest absolute Gasteiger partial charge is 0.317 e. The number of amides is 2. The number of nitrogens with zero attached hydrogens (tertiary/aromatic N) is 4. The highest BCUT2D eigenvalue weighted by atomic mass is 32.2. The van der Waals surface area contributed by atoms with Crippen LogP contribution in [0.4, 0.5) is 0 Å². The van der Waals surface area contributed by atoms with Crippen LogP contribution in [0.25, 0.3) is 0 Å². The number of carbonyl (C=O) groups is 5. The molecule has 310 valence electrons. The molecule has 0 radical (unpaired) electrons. The first-order valence-electron chi connectivity index (χ1n) is 17.6. The van der Waals surface area contributed by atoms with Crippen molar-refractivity contribution in [2.75, 3.05) is 144 Å². The van der Waals surface area contributed by atoms with E-state index in [1.54, 1.807) is 19.6 Å². The molecule has 0 aromatic heterocycles. The SMILES string of the molecule is CC.CCOCCOCCOCCOCCNC(=O)C(CS(=O)(=O)O)NC(=O)CN1CCN(CC(=O)O)CCN(CC(=O)O)CCN(CC(=O)O)CC1. The fourth-order valence-corrected chi connectivity index (χ4v) is 5.45. The van der Waals surface area contributed by atoms with Gasteiger partial charge in [-0.1, -0.05) is 13.8 Å². The molecule has 1 aliphatic heterocycles. The molecule has 1 unspecified atom stereocenters. The molecule has 1 atom stereocenters. The molecule has 0 aromatic carbocycles. The maximum absolute atomic E-state index is 13.1. The Morgan fingerprint density at radius 3 is 1.28 bits per heavy atom. The summed E-state index contributed by atoms with van der Waals surface area (Å²) in [6.45, 7) is 8.57. The third kappa shape index (κ3) is 29.0. The Hall–Kier alpha value is -3.06. The summed E-state index contributed by atoms with van der Waals surface area (Å²) in [7, 11) is -4.70. The summed E-state index contributed by atoms with van der Waals surface area (Å²) < 4.78 is 54.0. The second kappa shape index (κ2) is 30.3. The first-order valence-corrected chi connectivity index (χ1v) is 19.2. The quantitative estimate of drug-likeness (QED) is 0.0399. The number of rotatable bonds is 25. The van der Waals surface area contributed by atoms with Crippen molar-refractivity contribution in [1.82, 2.24) is 30.2 Å². The summed E-state index contributed by atoms with van der Waals surface area (Å²) in [6.07, 6.45) is 0. The minimum absolute atomic E-state index is 0.0357. The molecule has 21 nitrogen and oxygen atoms in total. The first kappa shape index (κ1) is 49.9. The lowest BCUT2D eigenvalue weighted by atomic mass is 10.3. The summed E-state index contributed by atoms with van der Waals surface area (Å²) in [5.41, 5.74) is 0. The van der Waals surface area contributed by atoms with Crippen LogP contribution in [0.2, 0.25) is 0 Å². The number of ether oxygens (including phenoxy) is 4. The van der Waals surface area contributed by atoms with Gasteiger partial charge >= 0.3 is 17.9 Å². The van der Waals surface area contributed by atoms with Crippen molar-refractivity contribution in [3.63, 3.8) is 0 Å². The van der Waals surface area contributed by atoms with Crippen LogP contribution in [0.3, 0.4) is 0 Å². The molecule has 1 fully saturated rings. The van der Waals surface area contributed by atoms with Gasteiger partial charge in [-0.25, -0.2) is 0 Å². The zero-order valence-corrected chi connectivity index (χ0v) is 31.9. The Bertz CT molecular complexity index is 1130. The molecular weight excluding hydrogens is 728 g/mol. The van der Waals surface area contributed by atoms with Crippen LogP contribution in [-0.2, 0) is 53.0 Å². The van der Waals surface area contributed by atoms with Gasteiger partial charge in [0.1, 0.15) is 11.8 Å². The highest BCUT2D eigenvalue weighted by molar-refractivity contribution is 7.85. The number of hydrogen-bond donors (Lipinski definition) is 6. The number of hydrogen-bond acceptors (Lipinski definition) is 15. The molecule has 0 aromatic rings. The van der Waals surface area contributed by atoms with Crippen molar-refractivity contribution in [3.05, 3.63) is 0 Å². The highest BCUT2D eigenvalue weighted by Gasteiger charge is 2.27. The number of nitrogens with one attached hydrogen (secondary N) is 2. The Kier molecular flexibility index (Phi) is 28.5. The van der Waals surface area contributed by atoms with E-state index in [0.29, 0.717) is 33.0 Å². The highest BCUT2D eigenvalue weighted by Crippen LogP contribution is 2.02. The summed E-state index contributed by atoms with van der Waals surface area (Å²) in [5.74, 6) is -6.07. The average molecular weight is 789 g/mol. The first-order chi connectivity index (χ1) is 25.2. The van der Waals surface area contributed by atoms with Gasteiger partial charge in [-0.3, -0.25) is 48.1 Å². The van der Waals surface area contributed by atoms with Crippen LogP contribution in [0.15, 0.2) is 0 Å². The van der Waals surface area contributed by atoms with Crippen molar-refractivity contribution in [2.24, 2.45) is 0 Å². The van der Waals surface area contributed by atoms with E-state index in [1.807, 2.05) is 20.8 Å². The van der Waals surface area contributed by atoms with Gasteiger partial charge in [0.05, 0.1) is 72.4 Å². The molecule has 0 spiro atoms. The molecule has 6 N–H and O–H groups in total. The molecule has 2 amide bonds. The minimum atomic E-state index is -4.70. The van der Waals surface area contributed by atoms with Gasteiger partial charge < -0.3 is 44.9 Å². The number of carboxylic acid groups (broad SMARTS) is 3. The van der Waals surface area contributed by atoms with Crippen molar-refractivity contribution in [2.45, 2.75) is 26.8 Å². The molecule has 1 aliphatic rings. The lowest BCUT2D eigenvalue weighted by molar-refractivity contribution is -0.140. The lowest BCUT2D eigenvalue weighted by Crippen LogP contribution is -2.54. The molecule has 0 saturated carbocycles. The largest absolute Gasteiger partial charge is 0.480 e. The van der Waals surface area contributed by atoms with Crippen molar-refractivity contribution in [3.8, 4) is 0 Å². The minimum Gasteiger partial charge on any atom is -0.480 e. The Morgan fingerprint density at radius 2 is 0.943 bits per heavy atom.